The largest absolute Gasteiger partial charge is 0.496 e. The second-order valence-corrected chi connectivity index (χ2v) is 6.04. The molecule has 0 saturated carbocycles. The normalized spacial score (nSPS) is 10.8. The number of ether oxygens (including phenoxy) is 2. The molecule has 0 unspecified atom stereocenters. The molecule has 1 amide bonds. The molecule has 0 fully saturated rings. The minimum atomic E-state index is -0.191. The Balaban J connectivity index is 2.06. The maximum atomic E-state index is 12.1. The molecule has 1 N–H and O–H groups in total. The Kier molecular flexibility index (Phi) is 6.42. The fourth-order valence-electron chi connectivity index (χ4n) is 2.36. The van der Waals surface area contributed by atoms with Crippen molar-refractivity contribution in [3.05, 3.63) is 57.6 Å². The standard InChI is InChI=1S/C19H21ClN2O3/c1-12-5-6-13(2)14(7-12)9-19(23)22-21-11-15-8-16(20)18(25-4)10-17(15)24-3/h5-8,10-11H,9H2,1-4H3,(H,22,23)/b21-11+. The van der Waals surface area contributed by atoms with Crippen LogP contribution in [0, 0.1) is 13.8 Å². The number of amides is 1. The number of hydrogen-bond donors (Lipinski definition) is 1. The molecule has 25 heavy (non-hydrogen) atoms. The molecule has 6 heteroatoms. The van der Waals surface area contributed by atoms with E-state index in [1.165, 1.54) is 13.3 Å². The molecule has 0 spiro atoms. The Morgan fingerprint density at radius 3 is 2.56 bits per heavy atom. The summed E-state index contributed by atoms with van der Waals surface area (Å²) in [5, 5.41) is 4.43. The summed E-state index contributed by atoms with van der Waals surface area (Å²) in [6.45, 7) is 3.98. The van der Waals surface area contributed by atoms with Gasteiger partial charge in [0.1, 0.15) is 11.5 Å². The molecular formula is C19H21ClN2O3. The Labute approximate surface area is 152 Å². The average Bonchev–Trinajstić information content (AvgIpc) is 2.58. The van der Waals surface area contributed by atoms with Gasteiger partial charge in [0.2, 0.25) is 5.91 Å². The predicted molar refractivity (Wildman–Crippen MR) is 99.9 cm³/mol. The molecule has 0 aromatic heterocycles. The zero-order valence-corrected chi connectivity index (χ0v) is 15.5. The minimum Gasteiger partial charge on any atom is -0.496 e. The Bertz CT molecular complexity index is 803. The van der Waals surface area contributed by atoms with Crippen LogP contribution in [0.25, 0.3) is 0 Å². The summed E-state index contributed by atoms with van der Waals surface area (Å²) >= 11 is 6.11. The van der Waals surface area contributed by atoms with Crippen molar-refractivity contribution in [1.82, 2.24) is 5.43 Å². The molecule has 0 atom stereocenters. The van der Waals surface area contributed by atoms with Gasteiger partial charge in [0.25, 0.3) is 0 Å². The van der Waals surface area contributed by atoms with Crippen LogP contribution >= 0.6 is 11.6 Å². The molecule has 0 bridgehead atoms. The summed E-state index contributed by atoms with van der Waals surface area (Å²) < 4.78 is 10.4. The fourth-order valence-corrected chi connectivity index (χ4v) is 2.61. The van der Waals surface area contributed by atoms with Gasteiger partial charge in [-0.15, -0.1) is 0 Å². The van der Waals surface area contributed by atoms with Gasteiger partial charge < -0.3 is 9.47 Å². The van der Waals surface area contributed by atoms with Crippen LogP contribution < -0.4 is 14.9 Å². The third-order valence-corrected chi connectivity index (χ3v) is 4.05. The number of methoxy groups -OCH3 is 2. The number of benzene rings is 2. The highest BCUT2D eigenvalue weighted by atomic mass is 35.5. The lowest BCUT2D eigenvalue weighted by Gasteiger charge is -2.09. The number of halogens is 1. The highest BCUT2D eigenvalue weighted by molar-refractivity contribution is 6.32. The third-order valence-electron chi connectivity index (χ3n) is 3.75. The fraction of sp³-hybridized carbons (Fsp3) is 0.263. The third kappa shape index (κ3) is 4.97. The molecule has 2 aromatic rings. The highest BCUT2D eigenvalue weighted by Crippen LogP contribution is 2.31. The number of rotatable bonds is 6. The van der Waals surface area contributed by atoms with E-state index >= 15 is 0 Å². The van der Waals surface area contributed by atoms with Gasteiger partial charge in [0, 0.05) is 11.6 Å². The van der Waals surface area contributed by atoms with Crippen molar-refractivity contribution in [3.8, 4) is 11.5 Å². The first-order chi connectivity index (χ1) is 11.9. The van der Waals surface area contributed by atoms with Crippen molar-refractivity contribution < 1.29 is 14.3 Å². The number of hydrazone groups is 1. The summed E-state index contributed by atoms with van der Waals surface area (Å²) in [7, 11) is 3.07. The first kappa shape index (κ1) is 18.8. The van der Waals surface area contributed by atoms with Gasteiger partial charge in [-0.3, -0.25) is 4.79 Å². The first-order valence-corrected chi connectivity index (χ1v) is 8.12. The number of hydrogen-bond acceptors (Lipinski definition) is 4. The Hall–Kier alpha value is -2.53. The molecular weight excluding hydrogens is 340 g/mol. The topological polar surface area (TPSA) is 59.9 Å². The van der Waals surface area contributed by atoms with Gasteiger partial charge in [0.05, 0.1) is 31.9 Å². The van der Waals surface area contributed by atoms with Gasteiger partial charge >= 0.3 is 0 Å². The monoisotopic (exact) mass is 360 g/mol. The predicted octanol–water partition coefficient (Wildman–Crippen LogP) is 3.67. The zero-order chi connectivity index (χ0) is 18.4. The summed E-state index contributed by atoms with van der Waals surface area (Å²) in [4.78, 5) is 12.1. The van der Waals surface area contributed by atoms with E-state index in [9.17, 15) is 4.79 Å². The Morgan fingerprint density at radius 2 is 1.88 bits per heavy atom. The zero-order valence-electron chi connectivity index (χ0n) is 14.7. The lowest BCUT2D eigenvalue weighted by Crippen LogP contribution is -2.20. The summed E-state index contributed by atoms with van der Waals surface area (Å²) in [6.07, 6.45) is 1.76. The van der Waals surface area contributed by atoms with Gasteiger partial charge in [-0.2, -0.15) is 5.10 Å². The SMILES string of the molecule is COc1cc(OC)c(/C=N/NC(=O)Cc2cc(C)ccc2C)cc1Cl. The maximum Gasteiger partial charge on any atom is 0.244 e. The van der Waals surface area contributed by atoms with Gasteiger partial charge in [-0.05, 0) is 31.0 Å². The maximum absolute atomic E-state index is 12.1. The van der Waals surface area contributed by atoms with E-state index in [1.807, 2.05) is 32.0 Å². The van der Waals surface area contributed by atoms with Crippen molar-refractivity contribution in [2.75, 3.05) is 14.2 Å². The Morgan fingerprint density at radius 1 is 1.16 bits per heavy atom. The summed E-state index contributed by atoms with van der Waals surface area (Å²) in [6, 6.07) is 9.37. The number of aryl methyl sites for hydroxylation is 2. The lowest BCUT2D eigenvalue weighted by molar-refractivity contribution is -0.120. The van der Waals surface area contributed by atoms with Crippen LogP contribution in [-0.2, 0) is 11.2 Å². The van der Waals surface area contributed by atoms with Crippen LogP contribution in [0.1, 0.15) is 22.3 Å². The van der Waals surface area contributed by atoms with Crippen LogP contribution in [0.4, 0.5) is 0 Å². The quantitative estimate of drug-likeness (QED) is 0.631. The number of carbonyl (C=O) groups excluding carboxylic acids is 1. The number of nitrogens with one attached hydrogen (secondary N) is 1. The first-order valence-electron chi connectivity index (χ1n) is 7.74. The van der Waals surface area contributed by atoms with Gasteiger partial charge in [-0.1, -0.05) is 35.4 Å². The van der Waals surface area contributed by atoms with Crippen LogP contribution in [0.15, 0.2) is 35.4 Å². The van der Waals surface area contributed by atoms with E-state index in [1.54, 1.807) is 19.2 Å². The van der Waals surface area contributed by atoms with Gasteiger partial charge in [0.15, 0.2) is 0 Å². The van der Waals surface area contributed by atoms with Crippen LogP contribution in [0.5, 0.6) is 11.5 Å². The minimum absolute atomic E-state index is 0.191. The second-order valence-electron chi connectivity index (χ2n) is 5.63. The van der Waals surface area contributed by atoms with E-state index in [-0.39, 0.29) is 12.3 Å². The van der Waals surface area contributed by atoms with E-state index in [4.69, 9.17) is 21.1 Å². The molecule has 0 radical (unpaired) electrons. The van der Waals surface area contributed by atoms with Crippen molar-refractivity contribution in [2.45, 2.75) is 20.3 Å². The smallest absolute Gasteiger partial charge is 0.244 e. The average molecular weight is 361 g/mol. The number of nitrogens with zero attached hydrogens (tertiary/aromatic N) is 1. The van der Waals surface area contributed by atoms with E-state index in [2.05, 4.69) is 10.5 Å². The highest BCUT2D eigenvalue weighted by Gasteiger charge is 2.09. The van der Waals surface area contributed by atoms with E-state index in [0.29, 0.717) is 22.1 Å². The molecule has 2 rings (SSSR count). The lowest BCUT2D eigenvalue weighted by atomic mass is 10.0. The molecule has 0 aliphatic rings. The van der Waals surface area contributed by atoms with Crippen molar-refractivity contribution in [2.24, 2.45) is 5.10 Å². The molecule has 0 heterocycles. The van der Waals surface area contributed by atoms with Crippen molar-refractivity contribution in [1.29, 1.82) is 0 Å². The molecule has 5 nitrogen and oxygen atoms in total. The molecule has 0 aliphatic heterocycles. The molecule has 132 valence electrons. The second kappa shape index (κ2) is 8.53. The molecule has 2 aromatic carbocycles. The summed E-state index contributed by atoms with van der Waals surface area (Å²) in [5.41, 5.74) is 6.35. The van der Waals surface area contributed by atoms with E-state index in [0.717, 1.165) is 16.7 Å². The molecule has 0 saturated heterocycles. The molecule has 0 aliphatic carbocycles. The number of carbonyl (C=O) groups is 1. The van der Waals surface area contributed by atoms with Crippen molar-refractivity contribution >= 4 is 23.7 Å². The van der Waals surface area contributed by atoms with Crippen LogP contribution in [0.3, 0.4) is 0 Å². The van der Waals surface area contributed by atoms with Crippen molar-refractivity contribution in [3.63, 3.8) is 0 Å². The van der Waals surface area contributed by atoms with Crippen LogP contribution in [-0.4, -0.2) is 26.3 Å². The summed E-state index contributed by atoms with van der Waals surface area (Å²) in [5.74, 6) is 0.868. The van der Waals surface area contributed by atoms with E-state index < -0.39 is 0 Å². The van der Waals surface area contributed by atoms with Crippen LogP contribution in [0.2, 0.25) is 5.02 Å². The van der Waals surface area contributed by atoms with Gasteiger partial charge in [-0.25, -0.2) is 5.43 Å².